The van der Waals surface area contributed by atoms with E-state index in [0.717, 1.165) is 6.42 Å². The molecule has 0 amide bonds. The topological polar surface area (TPSA) is 9.72 Å². The maximum Gasteiger partial charge on any atom is 0.252 e. The van der Waals surface area contributed by atoms with E-state index in [-0.39, 0.29) is 33.9 Å². The Kier molecular flexibility index (Phi) is 9.75. The van der Waals surface area contributed by atoms with Crippen LogP contribution in [0.15, 0.2) is 152 Å². The van der Waals surface area contributed by atoms with E-state index < -0.39 is 0 Å². The second-order valence-corrected chi connectivity index (χ2v) is 27.9. The van der Waals surface area contributed by atoms with Crippen molar-refractivity contribution in [2.45, 2.75) is 129 Å². The molecule has 1 aliphatic carbocycles. The van der Waals surface area contributed by atoms with Gasteiger partial charge in [0.25, 0.3) is 6.71 Å². The fourth-order valence-corrected chi connectivity index (χ4v) is 16.2. The summed E-state index contributed by atoms with van der Waals surface area (Å²) in [7, 11) is 0. The van der Waals surface area contributed by atoms with Crippen LogP contribution in [0.3, 0.4) is 0 Å². The molecule has 0 spiro atoms. The van der Waals surface area contributed by atoms with Crippen molar-refractivity contribution in [3.05, 3.63) is 174 Å². The third kappa shape index (κ3) is 6.56. The van der Waals surface area contributed by atoms with Gasteiger partial charge >= 0.3 is 0 Å². The first-order valence-electron chi connectivity index (χ1n) is 27.2. The van der Waals surface area contributed by atoms with E-state index in [9.17, 15) is 0 Å². The molecule has 10 aromatic rings. The Morgan fingerprint density at radius 3 is 1.36 bits per heavy atom. The maximum atomic E-state index is 2.83. The van der Waals surface area contributed by atoms with Gasteiger partial charge in [-0.05, 0) is 141 Å². The number of anilines is 8. The van der Waals surface area contributed by atoms with Crippen LogP contribution in [-0.2, 0) is 21.7 Å². The van der Waals surface area contributed by atoms with Crippen LogP contribution in [0.4, 0.5) is 45.5 Å². The number of rotatable bonds is 3. The highest BCUT2D eigenvalue weighted by Gasteiger charge is 2.58. The molecule has 2 atom stereocenters. The summed E-state index contributed by atoms with van der Waals surface area (Å²) in [6.45, 7) is 26.5. The van der Waals surface area contributed by atoms with Gasteiger partial charge in [-0.25, -0.2) is 0 Å². The van der Waals surface area contributed by atoms with Crippen LogP contribution in [0.2, 0.25) is 0 Å². The average molecular weight is 1000 g/mol. The number of nitrogens with zero attached hydrogens (tertiary/aromatic N) is 3. The van der Waals surface area contributed by atoms with Gasteiger partial charge in [-0.3, -0.25) is 0 Å². The summed E-state index contributed by atoms with van der Waals surface area (Å²) >= 11 is 3.82. The van der Waals surface area contributed by atoms with E-state index in [2.05, 4.69) is 243 Å². The highest BCUT2D eigenvalue weighted by molar-refractivity contribution is 7.26. The van der Waals surface area contributed by atoms with Gasteiger partial charge < -0.3 is 14.7 Å². The molecule has 14 rings (SSSR count). The van der Waals surface area contributed by atoms with Gasteiger partial charge in [-0.1, -0.05) is 167 Å². The van der Waals surface area contributed by atoms with Crippen LogP contribution in [0.1, 0.15) is 124 Å². The van der Waals surface area contributed by atoms with Crippen molar-refractivity contribution in [3.63, 3.8) is 0 Å². The normalized spacial score (nSPS) is 19.3. The summed E-state index contributed by atoms with van der Waals surface area (Å²) in [4.78, 5) is 8.16. The minimum absolute atomic E-state index is 0.00648. The lowest BCUT2D eigenvalue weighted by Crippen LogP contribution is -2.62. The van der Waals surface area contributed by atoms with Gasteiger partial charge in [0.05, 0.1) is 5.54 Å². The first-order valence-corrected chi connectivity index (χ1v) is 28.8. The van der Waals surface area contributed by atoms with Crippen LogP contribution in [-0.4, -0.2) is 12.3 Å². The summed E-state index contributed by atoms with van der Waals surface area (Å²) in [6, 6.07) is 60.1. The van der Waals surface area contributed by atoms with E-state index >= 15 is 0 Å². The highest BCUT2D eigenvalue weighted by Crippen LogP contribution is 2.62. The monoisotopic (exact) mass is 999 g/mol. The van der Waals surface area contributed by atoms with E-state index in [0.29, 0.717) is 0 Å². The zero-order valence-corrected chi connectivity index (χ0v) is 46.6. The van der Waals surface area contributed by atoms with E-state index in [1.54, 1.807) is 0 Å². The first-order chi connectivity index (χ1) is 35.3. The van der Waals surface area contributed by atoms with Crippen LogP contribution < -0.4 is 31.1 Å². The van der Waals surface area contributed by atoms with E-state index in [1.165, 1.54) is 144 Å². The molecule has 4 aliphatic rings. The summed E-state index contributed by atoms with van der Waals surface area (Å²) in [6.07, 6.45) is 4.78. The molecular weight excluding hydrogens is 934 g/mol. The van der Waals surface area contributed by atoms with Gasteiger partial charge in [0, 0.05) is 91.3 Å². The van der Waals surface area contributed by atoms with Crippen molar-refractivity contribution in [2.75, 3.05) is 14.7 Å². The predicted molar refractivity (Wildman–Crippen MR) is 325 cm³/mol. The molecule has 3 aliphatic heterocycles. The second-order valence-electron chi connectivity index (χ2n) is 25.7. The molecule has 2 aromatic heterocycles. The second kappa shape index (κ2) is 15.6. The van der Waals surface area contributed by atoms with Gasteiger partial charge in [-0.2, -0.15) is 0 Å². The summed E-state index contributed by atoms with van der Waals surface area (Å²) in [5.41, 5.74) is 19.6. The molecule has 368 valence electrons. The maximum absolute atomic E-state index is 2.83. The zero-order chi connectivity index (χ0) is 51.0. The summed E-state index contributed by atoms with van der Waals surface area (Å²) < 4.78 is 5.29. The zero-order valence-electron chi connectivity index (χ0n) is 45.0. The fraction of sp³-hybridized carbons (Fsp3) is 0.294. The lowest BCUT2D eigenvalue weighted by molar-refractivity contribution is 0.195. The van der Waals surface area contributed by atoms with Crippen LogP contribution in [0.25, 0.3) is 40.3 Å². The van der Waals surface area contributed by atoms with Crippen molar-refractivity contribution in [1.29, 1.82) is 0 Å². The first kappa shape index (κ1) is 46.2. The largest absolute Gasteiger partial charge is 0.334 e. The molecule has 5 heterocycles. The third-order valence-corrected chi connectivity index (χ3v) is 20.5. The van der Waals surface area contributed by atoms with Gasteiger partial charge in [-0.15, -0.1) is 22.7 Å². The number of benzene rings is 8. The Bertz CT molecular complexity index is 3800. The van der Waals surface area contributed by atoms with Gasteiger partial charge in [0.1, 0.15) is 0 Å². The lowest BCUT2D eigenvalue weighted by atomic mass is 9.33. The summed E-state index contributed by atoms with van der Waals surface area (Å²) in [5.74, 6) is 0. The molecule has 0 bridgehead atoms. The number of hydrogen-bond donors (Lipinski definition) is 0. The Hall–Kier alpha value is -6.34. The van der Waals surface area contributed by atoms with Crippen molar-refractivity contribution in [1.82, 2.24) is 0 Å². The minimum atomic E-state index is -0.144. The third-order valence-electron chi connectivity index (χ3n) is 18.3. The van der Waals surface area contributed by atoms with Gasteiger partial charge in [0.2, 0.25) is 0 Å². The molecule has 2 unspecified atom stereocenters. The molecule has 8 aromatic carbocycles. The highest BCUT2D eigenvalue weighted by atomic mass is 32.1. The van der Waals surface area contributed by atoms with Crippen molar-refractivity contribution >= 4 is 132 Å². The Balaban J connectivity index is 1.11. The Labute approximate surface area is 446 Å². The molecular formula is C68H66BN3S2. The molecule has 1 fully saturated rings. The average Bonchev–Trinajstić information content (AvgIpc) is 4.00. The van der Waals surface area contributed by atoms with Gasteiger partial charge in [0.15, 0.2) is 0 Å². The summed E-state index contributed by atoms with van der Waals surface area (Å²) in [5, 5.41) is 5.30. The van der Waals surface area contributed by atoms with Crippen molar-refractivity contribution < 1.29 is 0 Å². The molecule has 0 N–H and O–H groups in total. The lowest BCUT2D eigenvalue weighted by Gasteiger charge is -2.51. The molecule has 74 heavy (non-hydrogen) atoms. The molecule has 6 heteroatoms. The van der Waals surface area contributed by atoms with Crippen LogP contribution in [0.5, 0.6) is 0 Å². The molecule has 0 radical (unpaired) electrons. The van der Waals surface area contributed by atoms with E-state index in [4.69, 9.17) is 0 Å². The molecule has 0 saturated heterocycles. The predicted octanol–water partition coefficient (Wildman–Crippen LogP) is 18.1. The minimum Gasteiger partial charge on any atom is -0.334 e. The molecule has 3 nitrogen and oxygen atoms in total. The smallest absolute Gasteiger partial charge is 0.252 e. The number of hydrogen-bond acceptors (Lipinski definition) is 5. The Morgan fingerprint density at radius 2 is 0.865 bits per heavy atom. The van der Waals surface area contributed by atoms with Crippen molar-refractivity contribution in [2.24, 2.45) is 0 Å². The fourth-order valence-electron chi connectivity index (χ4n) is 13.9. The number of fused-ring (bicyclic) bond motifs is 13. The standard InChI is InChI=1S/C68H66BN3S2/c1-64(2,3)41-22-29-54-51(34-41)67(10)32-16-17-33-68(67,11)72(54)46-37-57-63-58(38-46)71(45-26-28-50-48-19-13-15-21-60(48)74-62(50)40-45)56-31-24-43(66(7,8)9)36-53(56)69(63)52-35-42(65(4,5)6)23-30-55(52)70(57)44-25-27-49-47-18-12-14-20-59(47)73-61(49)39-44/h12-15,18-31,34-40H,16-17,32-33H2,1-11H3. The van der Waals surface area contributed by atoms with Crippen LogP contribution >= 0.6 is 22.7 Å². The quantitative estimate of drug-likeness (QED) is 0.163. The Morgan fingerprint density at radius 1 is 0.419 bits per heavy atom. The van der Waals surface area contributed by atoms with Crippen LogP contribution in [0, 0.1) is 0 Å². The van der Waals surface area contributed by atoms with Crippen molar-refractivity contribution in [3.8, 4) is 0 Å². The SMILES string of the molecule is CC(C)(C)c1ccc2c(c1)B1c3cc(C(C)(C)C)ccc3N(c3ccc4c(c3)sc3ccccc34)c3cc(N4c5ccc(C(C)(C)C)cc5C5(C)CCCCC45C)cc(c31)N2c1ccc2c(c1)sc1ccccc12. The molecule has 1 saturated carbocycles. The van der Waals surface area contributed by atoms with E-state index in [1.807, 2.05) is 22.7 Å². The number of thiophene rings is 2.